The molecule has 2 saturated carbocycles. The van der Waals surface area contributed by atoms with Crippen LogP contribution in [-0.2, 0) is 10.2 Å². The van der Waals surface area contributed by atoms with Crippen molar-refractivity contribution in [1.82, 2.24) is 9.44 Å². The highest BCUT2D eigenvalue weighted by Gasteiger charge is 2.33. The second-order valence-corrected chi connectivity index (χ2v) is 6.18. The van der Waals surface area contributed by atoms with E-state index in [1.54, 1.807) is 0 Å². The molecule has 2 aliphatic carbocycles. The Bertz CT molecular complexity index is 318. The summed E-state index contributed by atoms with van der Waals surface area (Å²) >= 11 is 0. The fourth-order valence-electron chi connectivity index (χ4n) is 1.90. The minimum Gasteiger partial charge on any atom is -0.389 e. The van der Waals surface area contributed by atoms with Gasteiger partial charge in [-0.2, -0.15) is 17.9 Å². The largest absolute Gasteiger partial charge is 0.389 e. The van der Waals surface area contributed by atoms with E-state index in [9.17, 15) is 13.5 Å². The van der Waals surface area contributed by atoms with Gasteiger partial charge in [-0.15, -0.1) is 0 Å². The van der Waals surface area contributed by atoms with Gasteiger partial charge in [0.15, 0.2) is 0 Å². The molecule has 2 fully saturated rings. The molecule has 0 aliphatic heterocycles. The summed E-state index contributed by atoms with van der Waals surface area (Å²) in [5, 5.41) is 9.95. The van der Waals surface area contributed by atoms with Gasteiger partial charge >= 0.3 is 0 Å². The number of rotatable bonds is 5. The summed E-state index contributed by atoms with van der Waals surface area (Å²) in [7, 11) is -3.40. The Hall–Kier alpha value is -0.170. The van der Waals surface area contributed by atoms with Crippen molar-refractivity contribution in [2.75, 3.05) is 6.54 Å². The lowest BCUT2D eigenvalue weighted by atomic mass is 10.0. The van der Waals surface area contributed by atoms with Crippen molar-refractivity contribution in [2.24, 2.45) is 0 Å². The van der Waals surface area contributed by atoms with E-state index in [4.69, 9.17) is 0 Å². The average molecular weight is 234 g/mol. The fraction of sp³-hybridized carbons (Fsp3) is 1.00. The van der Waals surface area contributed by atoms with Crippen LogP contribution < -0.4 is 9.44 Å². The van der Waals surface area contributed by atoms with Crippen LogP contribution in [-0.4, -0.2) is 31.7 Å². The SMILES string of the molecule is O=S(=O)(NCC1(O)CCCC1)NC1CC1. The third-order valence-electron chi connectivity index (χ3n) is 3.02. The van der Waals surface area contributed by atoms with Crippen molar-refractivity contribution >= 4 is 10.2 Å². The van der Waals surface area contributed by atoms with E-state index in [0.29, 0.717) is 12.8 Å². The van der Waals surface area contributed by atoms with Crippen LogP contribution in [0.25, 0.3) is 0 Å². The average Bonchev–Trinajstić information content (AvgIpc) is 2.83. The van der Waals surface area contributed by atoms with E-state index in [-0.39, 0.29) is 12.6 Å². The Morgan fingerprint density at radius 1 is 1.27 bits per heavy atom. The molecule has 15 heavy (non-hydrogen) atoms. The molecule has 3 N–H and O–H groups in total. The highest BCUT2D eigenvalue weighted by Crippen LogP contribution is 2.28. The van der Waals surface area contributed by atoms with Gasteiger partial charge in [-0.3, -0.25) is 0 Å². The molecule has 0 aromatic rings. The molecule has 5 nitrogen and oxygen atoms in total. The molecule has 0 aromatic heterocycles. The van der Waals surface area contributed by atoms with Gasteiger partial charge in [-0.1, -0.05) is 12.8 Å². The lowest BCUT2D eigenvalue weighted by Crippen LogP contribution is -2.45. The van der Waals surface area contributed by atoms with Crippen LogP contribution in [0.5, 0.6) is 0 Å². The van der Waals surface area contributed by atoms with Crippen LogP contribution in [0, 0.1) is 0 Å². The first-order chi connectivity index (χ1) is 6.99. The molecular formula is C9H18N2O3S. The van der Waals surface area contributed by atoms with E-state index < -0.39 is 15.8 Å². The summed E-state index contributed by atoms with van der Waals surface area (Å²) in [5.74, 6) is 0. The van der Waals surface area contributed by atoms with Crippen molar-refractivity contribution in [2.45, 2.75) is 50.2 Å². The van der Waals surface area contributed by atoms with E-state index in [1.807, 2.05) is 0 Å². The van der Waals surface area contributed by atoms with Gasteiger partial charge in [0.25, 0.3) is 10.2 Å². The number of hydrogen-bond donors (Lipinski definition) is 3. The standard InChI is InChI=1S/C9H18N2O3S/c12-9(5-1-2-6-9)7-10-15(13,14)11-8-3-4-8/h8,10-12H,1-7H2. The molecule has 0 heterocycles. The maximum atomic E-state index is 11.4. The molecule has 0 amide bonds. The molecular weight excluding hydrogens is 216 g/mol. The second kappa shape index (κ2) is 4.01. The monoisotopic (exact) mass is 234 g/mol. The smallest absolute Gasteiger partial charge is 0.277 e. The summed E-state index contributed by atoms with van der Waals surface area (Å²) in [4.78, 5) is 0. The number of hydrogen-bond acceptors (Lipinski definition) is 3. The van der Waals surface area contributed by atoms with Crippen molar-refractivity contribution in [3.63, 3.8) is 0 Å². The topological polar surface area (TPSA) is 78.4 Å². The predicted molar refractivity (Wildman–Crippen MR) is 56.5 cm³/mol. The Balaban J connectivity index is 1.80. The molecule has 88 valence electrons. The normalized spacial score (nSPS) is 25.7. The first kappa shape index (κ1) is 11.3. The van der Waals surface area contributed by atoms with Crippen LogP contribution >= 0.6 is 0 Å². The number of aliphatic hydroxyl groups is 1. The molecule has 6 heteroatoms. The van der Waals surface area contributed by atoms with Gasteiger partial charge in [-0.05, 0) is 25.7 Å². The van der Waals surface area contributed by atoms with Crippen LogP contribution in [0.3, 0.4) is 0 Å². The third-order valence-corrected chi connectivity index (χ3v) is 4.19. The minimum atomic E-state index is -3.40. The fourth-order valence-corrected chi connectivity index (χ4v) is 3.12. The van der Waals surface area contributed by atoms with Crippen LogP contribution in [0.1, 0.15) is 38.5 Å². The molecule has 2 aliphatic rings. The third kappa shape index (κ3) is 3.41. The van der Waals surface area contributed by atoms with Gasteiger partial charge in [0.2, 0.25) is 0 Å². The number of nitrogens with one attached hydrogen (secondary N) is 2. The summed E-state index contributed by atoms with van der Waals surface area (Å²) in [5.41, 5.74) is -0.821. The van der Waals surface area contributed by atoms with Gasteiger partial charge in [0, 0.05) is 12.6 Å². The Morgan fingerprint density at radius 2 is 1.87 bits per heavy atom. The first-order valence-electron chi connectivity index (χ1n) is 5.48. The quantitative estimate of drug-likeness (QED) is 0.620. The lowest BCUT2D eigenvalue weighted by Gasteiger charge is -2.22. The first-order valence-corrected chi connectivity index (χ1v) is 6.97. The van der Waals surface area contributed by atoms with Crippen molar-refractivity contribution < 1.29 is 13.5 Å². The zero-order chi connectivity index (χ0) is 10.9. The molecule has 0 aromatic carbocycles. The predicted octanol–water partition coefficient (Wildman–Crippen LogP) is -0.122. The zero-order valence-corrected chi connectivity index (χ0v) is 9.52. The highest BCUT2D eigenvalue weighted by molar-refractivity contribution is 7.87. The summed E-state index contributed by atoms with van der Waals surface area (Å²) in [6, 6.07) is 0.112. The molecule has 0 bridgehead atoms. The van der Waals surface area contributed by atoms with Crippen molar-refractivity contribution in [1.29, 1.82) is 0 Å². The Morgan fingerprint density at radius 3 is 2.40 bits per heavy atom. The highest BCUT2D eigenvalue weighted by atomic mass is 32.2. The maximum Gasteiger partial charge on any atom is 0.277 e. The molecule has 0 spiro atoms. The summed E-state index contributed by atoms with van der Waals surface area (Å²) in [6.45, 7) is 0.134. The Labute approximate surface area is 90.4 Å². The van der Waals surface area contributed by atoms with Crippen molar-refractivity contribution in [3.05, 3.63) is 0 Å². The molecule has 0 saturated heterocycles. The van der Waals surface area contributed by atoms with Crippen LogP contribution in [0.15, 0.2) is 0 Å². The van der Waals surface area contributed by atoms with Gasteiger partial charge in [0.1, 0.15) is 0 Å². The van der Waals surface area contributed by atoms with E-state index in [1.165, 1.54) is 0 Å². The van der Waals surface area contributed by atoms with Gasteiger partial charge in [-0.25, -0.2) is 0 Å². The van der Waals surface area contributed by atoms with E-state index >= 15 is 0 Å². The summed E-state index contributed by atoms with van der Waals surface area (Å²) < 4.78 is 27.8. The molecule has 0 unspecified atom stereocenters. The minimum absolute atomic E-state index is 0.112. The van der Waals surface area contributed by atoms with Crippen LogP contribution in [0.2, 0.25) is 0 Å². The second-order valence-electron chi connectivity index (χ2n) is 4.65. The molecule has 0 atom stereocenters. The van der Waals surface area contributed by atoms with Crippen molar-refractivity contribution in [3.8, 4) is 0 Å². The maximum absolute atomic E-state index is 11.4. The molecule has 2 rings (SSSR count). The van der Waals surface area contributed by atoms with Gasteiger partial charge in [0.05, 0.1) is 5.60 Å². The Kier molecular flexibility index (Phi) is 3.03. The summed E-state index contributed by atoms with van der Waals surface area (Å²) in [6.07, 6.45) is 5.19. The lowest BCUT2D eigenvalue weighted by molar-refractivity contribution is 0.0531. The van der Waals surface area contributed by atoms with Crippen LogP contribution in [0.4, 0.5) is 0 Å². The zero-order valence-electron chi connectivity index (χ0n) is 8.70. The van der Waals surface area contributed by atoms with Gasteiger partial charge < -0.3 is 5.11 Å². The van der Waals surface area contributed by atoms with E-state index in [2.05, 4.69) is 9.44 Å². The molecule has 0 radical (unpaired) electrons. The van der Waals surface area contributed by atoms with E-state index in [0.717, 1.165) is 25.7 Å².